The Balaban J connectivity index is 1.46. The highest BCUT2D eigenvalue weighted by atomic mass is 16.3. The van der Waals surface area contributed by atoms with Gasteiger partial charge in [-0.15, -0.1) is 0 Å². The second-order valence-electron chi connectivity index (χ2n) is 8.11. The summed E-state index contributed by atoms with van der Waals surface area (Å²) in [5.74, 6) is 0.798. The van der Waals surface area contributed by atoms with Gasteiger partial charge in [-0.25, -0.2) is 0 Å². The highest BCUT2D eigenvalue weighted by Crippen LogP contribution is 2.30. The van der Waals surface area contributed by atoms with Crippen LogP contribution in [0.2, 0.25) is 0 Å². The predicted molar refractivity (Wildman–Crippen MR) is 121 cm³/mol. The van der Waals surface area contributed by atoms with Gasteiger partial charge in [0, 0.05) is 49.9 Å². The minimum Gasteiger partial charge on any atom is -0.454 e. The Bertz CT molecular complexity index is 1130. The number of para-hydroxylation sites is 1. The van der Waals surface area contributed by atoms with Crippen molar-refractivity contribution in [1.29, 1.82) is 0 Å². The third-order valence-electron chi connectivity index (χ3n) is 5.85. The lowest BCUT2D eigenvalue weighted by Gasteiger charge is -2.19. The highest BCUT2D eigenvalue weighted by molar-refractivity contribution is 5.82. The quantitative estimate of drug-likeness (QED) is 0.448. The van der Waals surface area contributed by atoms with Crippen molar-refractivity contribution in [3.05, 3.63) is 78.0 Å². The van der Waals surface area contributed by atoms with Gasteiger partial charge in [-0.1, -0.05) is 48.5 Å². The second kappa shape index (κ2) is 8.78. The predicted octanol–water partition coefficient (Wildman–Crippen LogP) is 4.01. The minimum atomic E-state index is 0.715. The summed E-state index contributed by atoms with van der Waals surface area (Å²) in [5, 5.41) is 6.00. The number of hydrogen-bond donors (Lipinski definition) is 0. The van der Waals surface area contributed by atoms with E-state index >= 15 is 0 Å². The van der Waals surface area contributed by atoms with Gasteiger partial charge in [-0.3, -0.25) is 14.4 Å². The topological polar surface area (TPSA) is 54.5 Å². The van der Waals surface area contributed by atoms with E-state index in [1.807, 2.05) is 33.8 Å². The number of carbonyl (C=O) groups is 1. The lowest BCUT2D eigenvalue weighted by Crippen LogP contribution is -2.29. The first-order chi connectivity index (χ1) is 15.3. The average molecular weight is 415 g/mol. The van der Waals surface area contributed by atoms with Crippen molar-refractivity contribution in [1.82, 2.24) is 19.6 Å². The van der Waals surface area contributed by atoms with E-state index < -0.39 is 0 Å². The van der Waals surface area contributed by atoms with Crippen LogP contribution >= 0.6 is 0 Å². The van der Waals surface area contributed by atoms with Crippen LogP contribution in [-0.4, -0.2) is 52.2 Å². The maximum Gasteiger partial charge on any atom is 0.209 e. The van der Waals surface area contributed by atoms with Gasteiger partial charge < -0.3 is 9.32 Å². The van der Waals surface area contributed by atoms with Crippen molar-refractivity contribution >= 4 is 17.4 Å². The number of carbonyl (C=O) groups excluding carboxylic acids is 1. The largest absolute Gasteiger partial charge is 0.454 e. The van der Waals surface area contributed by atoms with Gasteiger partial charge in [0.2, 0.25) is 6.41 Å². The summed E-state index contributed by atoms with van der Waals surface area (Å²) in [6, 6.07) is 20.5. The van der Waals surface area contributed by atoms with E-state index in [0.29, 0.717) is 6.54 Å². The van der Waals surface area contributed by atoms with Gasteiger partial charge in [0.05, 0.1) is 6.54 Å². The highest BCUT2D eigenvalue weighted by Gasteiger charge is 2.20. The van der Waals surface area contributed by atoms with Crippen LogP contribution in [0.4, 0.5) is 0 Å². The van der Waals surface area contributed by atoms with Gasteiger partial charge in [0.1, 0.15) is 11.3 Å². The molecule has 0 radical (unpaired) electrons. The molecule has 3 heterocycles. The molecule has 6 heteroatoms. The van der Waals surface area contributed by atoms with E-state index in [1.165, 1.54) is 5.56 Å². The van der Waals surface area contributed by atoms with Crippen LogP contribution in [-0.2, 0) is 17.9 Å². The van der Waals surface area contributed by atoms with Crippen molar-refractivity contribution in [3.8, 4) is 11.5 Å². The summed E-state index contributed by atoms with van der Waals surface area (Å²) < 4.78 is 8.16. The Kier molecular flexibility index (Phi) is 5.54. The van der Waals surface area contributed by atoms with Crippen molar-refractivity contribution in [2.45, 2.75) is 19.5 Å². The lowest BCUT2D eigenvalue weighted by atomic mass is 10.1. The molecule has 1 fully saturated rings. The van der Waals surface area contributed by atoms with E-state index in [9.17, 15) is 4.79 Å². The van der Waals surface area contributed by atoms with E-state index in [1.54, 1.807) is 0 Å². The fourth-order valence-corrected chi connectivity index (χ4v) is 4.23. The fraction of sp³-hybridized carbons (Fsp3) is 0.280. The summed E-state index contributed by atoms with van der Waals surface area (Å²) in [6.45, 7) is 4.92. The van der Waals surface area contributed by atoms with Crippen molar-refractivity contribution in [2.75, 3.05) is 26.2 Å². The molecule has 0 bridgehead atoms. The van der Waals surface area contributed by atoms with Crippen molar-refractivity contribution in [2.24, 2.45) is 0 Å². The number of nitrogens with zero attached hydrogens (tertiary/aromatic N) is 4. The number of hydrogen-bond acceptors (Lipinski definition) is 4. The monoisotopic (exact) mass is 414 g/mol. The third kappa shape index (κ3) is 4.39. The van der Waals surface area contributed by atoms with E-state index in [4.69, 9.17) is 9.52 Å². The molecule has 6 nitrogen and oxygen atoms in total. The van der Waals surface area contributed by atoms with Crippen molar-refractivity contribution < 1.29 is 9.21 Å². The number of rotatable bonds is 6. The molecule has 1 saturated heterocycles. The van der Waals surface area contributed by atoms with Crippen LogP contribution in [0.3, 0.4) is 0 Å². The first-order valence-corrected chi connectivity index (χ1v) is 10.8. The third-order valence-corrected chi connectivity index (χ3v) is 5.85. The van der Waals surface area contributed by atoms with Crippen molar-refractivity contribution in [3.63, 3.8) is 0 Å². The molecule has 1 aliphatic heterocycles. The van der Waals surface area contributed by atoms with Gasteiger partial charge in [0.15, 0.2) is 5.76 Å². The van der Waals surface area contributed by atoms with E-state index in [-0.39, 0.29) is 0 Å². The molecule has 0 atom stereocenters. The average Bonchev–Trinajstić information content (AvgIpc) is 3.32. The molecule has 0 N–H and O–H groups in total. The standard InChI is InChI=1S/C25H26N4O2/c30-19-28-12-6-11-27(13-14-28)17-22-18-29(16-20-7-2-1-3-8-20)26-25(22)24-15-21-9-4-5-10-23(21)31-24/h1-5,7-10,15,18-19H,6,11-14,16-17H2. The van der Waals surface area contributed by atoms with E-state index in [2.05, 4.69) is 47.5 Å². The number of furan rings is 1. The molecule has 2 aromatic heterocycles. The zero-order valence-corrected chi connectivity index (χ0v) is 17.5. The van der Waals surface area contributed by atoms with Crippen LogP contribution in [0.15, 0.2) is 71.3 Å². The van der Waals surface area contributed by atoms with Crippen LogP contribution in [0.5, 0.6) is 0 Å². The minimum absolute atomic E-state index is 0.715. The normalized spacial score (nSPS) is 15.3. The second-order valence-corrected chi connectivity index (χ2v) is 8.11. The Morgan fingerprint density at radius 3 is 2.61 bits per heavy atom. The molecule has 5 rings (SSSR count). The smallest absolute Gasteiger partial charge is 0.209 e. The molecule has 2 aromatic carbocycles. The first kappa shape index (κ1) is 19.6. The number of aromatic nitrogens is 2. The summed E-state index contributed by atoms with van der Waals surface area (Å²) >= 11 is 0. The molecule has 0 spiro atoms. The van der Waals surface area contributed by atoms with Gasteiger partial charge in [0.25, 0.3) is 0 Å². The molecule has 158 valence electrons. The number of fused-ring (bicyclic) bond motifs is 1. The molecule has 1 amide bonds. The van der Waals surface area contributed by atoms with Crippen LogP contribution < -0.4 is 0 Å². The Morgan fingerprint density at radius 1 is 0.935 bits per heavy atom. The number of amides is 1. The van der Waals surface area contributed by atoms with Gasteiger partial charge >= 0.3 is 0 Å². The maximum atomic E-state index is 11.2. The molecule has 0 saturated carbocycles. The summed E-state index contributed by atoms with van der Waals surface area (Å²) in [7, 11) is 0. The Morgan fingerprint density at radius 2 is 1.77 bits per heavy atom. The zero-order chi connectivity index (χ0) is 21.0. The molecule has 4 aromatic rings. The molecular weight excluding hydrogens is 388 g/mol. The summed E-state index contributed by atoms with van der Waals surface area (Å²) in [5.41, 5.74) is 4.12. The first-order valence-electron chi connectivity index (χ1n) is 10.8. The summed E-state index contributed by atoms with van der Waals surface area (Å²) in [6.07, 6.45) is 4.08. The van der Waals surface area contributed by atoms with Gasteiger partial charge in [-0.2, -0.15) is 5.10 Å². The SMILES string of the molecule is O=CN1CCCN(Cc2cn(Cc3ccccc3)nc2-c2cc3ccccc3o2)CC1. The lowest BCUT2D eigenvalue weighted by molar-refractivity contribution is -0.118. The molecule has 0 aliphatic carbocycles. The van der Waals surface area contributed by atoms with Crippen LogP contribution in [0.25, 0.3) is 22.4 Å². The Labute approximate surface area is 181 Å². The van der Waals surface area contributed by atoms with Crippen LogP contribution in [0, 0.1) is 0 Å². The fourth-order valence-electron chi connectivity index (χ4n) is 4.23. The molecule has 1 aliphatic rings. The molecule has 31 heavy (non-hydrogen) atoms. The van der Waals surface area contributed by atoms with Crippen LogP contribution in [0.1, 0.15) is 17.5 Å². The number of benzene rings is 2. The Hall–Kier alpha value is -3.38. The van der Waals surface area contributed by atoms with E-state index in [0.717, 1.165) is 73.5 Å². The molecule has 0 unspecified atom stereocenters. The molecular formula is C25H26N4O2. The maximum absolute atomic E-state index is 11.2. The summed E-state index contributed by atoms with van der Waals surface area (Å²) in [4.78, 5) is 15.4. The van der Waals surface area contributed by atoms with Gasteiger partial charge in [-0.05, 0) is 24.1 Å². The zero-order valence-electron chi connectivity index (χ0n) is 17.5.